The summed E-state index contributed by atoms with van der Waals surface area (Å²) >= 11 is 3.69. The first-order chi connectivity index (χ1) is 11.3. The van der Waals surface area contributed by atoms with Crippen LogP contribution in [0.4, 0.5) is 0 Å². The van der Waals surface area contributed by atoms with E-state index in [1.54, 1.807) is 11.8 Å². The molecule has 0 spiro atoms. The number of aliphatic imine (C=N–C) groups is 1. The Balaban J connectivity index is 1.49. The van der Waals surface area contributed by atoms with Crippen molar-refractivity contribution in [1.29, 1.82) is 0 Å². The minimum Gasteiger partial charge on any atom is -0.379 e. The zero-order chi connectivity index (χ0) is 15.9. The molecule has 5 nitrogen and oxygen atoms in total. The van der Waals surface area contributed by atoms with Crippen molar-refractivity contribution in [2.45, 2.75) is 17.6 Å². The summed E-state index contributed by atoms with van der Waals surface area (Å²) in [5, 5.41) is 4.35. The standard InChI is InChI=1S/C16H24N4OS2/c1-13-14(12-23-16-18-4-5-19-16)17-3-2-15(13)22-11-8-20-6-9-21-10-7-20/h2-3H,4-12H2,1H3,(H,18,19). The van der Waals surface area contributed by atoms with E-state index in [0.717, 1.165) is 62.6 Å². The number of nitrogens with zero attached hydrogens (tertiary/aromatic N) is 3. The average Bonchev–Trinajstić information content (AvgIpc) is 3.10. The summed E-state index contributed by atoms with van der Waals surface area (Å²) in [6.07, 6.45) is 1.93. The maximum absolute atomic E-state index is 5.39. The van der Waals surface area contributed by atoms with E-state index in [2.05, 4.69) is 33.2 Å². The van der Waals surface area contributed by atoms with Gasteiger partial charge >= 0.3 is 0 Å². The van der Waals surface area contributed by atoms with Crippen LogP contribution in [0.15, 0.2) is 22.2 Å². The van der Waals surface area contributed by atoms with Gasteiger partial charge in [0.05, 0.1) is 25.5 Å². The maximum Gasteiger partial charge on any atom is 0.157 e. The number of pyridine rings is 1. The highest BCUT2D eigenvalue weighted by Gasteiger charge is 2.12. The van der Waals surface area contributed by atoms with Crippen LogP contribution in [0.3, 0.4) is 0 Å². The van der Waals surface area contributed by atoms with E-state index >= 15 is 0 Å². The second-order valence-corrected chi connectivity index (χ2v) is 7.69. The molecule has 3 rings (SSSR count). The number of rotatable bonds is 6. The number of hydrogen-bond donors (Lipinski definition) is 1. The molecule has 1 saturated heterocycles. The van der Waals surface area contributed by atoms with Gasteiger partial charge < -0.3 is 10.1 Å². The molecule has 1 fully saturated rings. The number of aromatic nitrogens is 1. The average molecular weight is 353 g/mol. The SMILES string of the molecule is Cc1c(SCCN2CCOCC2)ccnc1CSC1=NCCN1. The monoisotopic (exact) mass is 352 g/mol. The lowest BCUT2D eigenvalue weighted by atomic mass is 10.2. The molecule has 0 atom stereocenters. The van der Waals surface area contributed by atoms with Crippen molar-refractivity contribution >= 4 is 28.7 Å². The summed E-state index contributed by atoms with van der Waals surface area (Å²) in [5.74, 6) is 2.00. The summed E-state index contributed by atoms with van der Waals surface area (Å²) in [5.41, 5.74) is 2.48. The van der Waals surface area contributed by atoms with Gasteiger partial charge in [0.25, 0.3) is 0 Å². The molecule has 126 valence electrons. The number of thioether (sulfide) groups is 2. The highest BCUT2D eigenvalue weighted by atomic mass is 32.2. The summed E-state index contributed by atoms with van der Waals surface area (Å²) in [6, 6.07) is 2.14. The summed E-state index contributed by atoms with van der Waals surface area (Å²) < 4.78 is 5.39. The largest absolute Gasteiger partial charge is 0.379 e. The summed E-state index contributed by atoms with van der Waals surface area (Å²) in [6.45, 7) is 9.04. The molecule has 7 heteroatoms. The zero-order valence-corrected chi connectivity index (χ0v) is 15.2. The van der Waals surface area contributed by atoms with Gasteiger partial charge in [-0.15, -0.1) is 11.8 Å². The van der Waals surface area contributed by atoms with Crippen molar-refractivity contribution < 1.29 is 4.74 Å². The Morgan fingerprint density at radius 2 is 2.17 bits per heavy atom. The van der Waals surface area contributed by atoms with E-state index in [-0.39, 0.29) is 0 Å². The number of morpholine rings is 1. The van der Waals surface area contributed by atoms with Crippen molar-refractivity contribution in [2.24, 2.45) is 4.99 Å². The Morgan fingerprint density at radius 3 is 2.96 bits per heavy atom. The highest BCUT2D eigenvalue weighted by Crippen LogP contribution is 2.26. The predicted octanol–water partition coefficient (Wildman–Crippen LogP) is 2.01. The molecule has 0 saturated carbocycles. The minimum atomic E-state index is 0.873. The fourth-order valence-corrected chi connectivity index (χ4v) is 4.59. The molecule has 1 aromatic heterocycles. The highest BCUT2D eigenvalue weighted by molar-refractivity contribution is 8.13. The fraction of sp³-hybridized carbons (Fsp3) is 0.625. The zero-order valence-electron chi connectivity index (χ0n) is 13.6. The molecule has 2 aliphatic rings. The molecule has 23 heavy (non-hydrogen) atoms. The van der Waals surface area contributed by atoms with Crippen molar-refractivity contribution in [3.05, 3.63) is 23.5 Å². The number of hydrogen-bond acceptors (Lipinski definition) is 7. The van der Waals surface area contributed by atoms with Crippen LogP contribution in [-0.2, 0) is 10.5 Å². The molecular weight excluding hydrogens is 328 g/mol. The van der Waals surface area contributed by atoms with Gasteiger partial charge in [-0.25, -0.2) is 0 Å². The van der Waals surface area contributed by atoms with Crippen molar-refractivity contribution in [3.63, 3.8) is 0 Å². The van der Waals surface area contributed by atoms with Crippen LogP contribution >= 0.6 is 23.5 Å². The Hall–Kier alpha value is -0.760. The molecule has 0 aliphatic carbocycles. The van der Waals surface area contributed by atoms with Gasteiger partial charge in [0, 0.05) is 48.8 Å². The van der Waals surface area contributed by atoms with E-state index in [0.29, 0.717) is 0 Å². The van der Waals surface area contributed by atoms with Crippen LogP contribution in [-0.4, -0.2) is 66.7 Å². The van der Waals surface area contributed by atoms with Gasteiger partial charge in [-0.3, -0.25) is 14.9 Å². The second-order valence-electron chi connectivity index (χ2n) is 5.59. The van der Waals surface area contributed by atoms with Crippen LogP contribution in [0.5, 0.6) is 0 Å². The van der Waals surface area contributed by atoms with E-state index in [9.17, 15) is 0 Å². The first-order valence-electron chi connectivity index (χ1n) is 8.11. The van der Waals surface area contributed by atoms with E-state index in [1.807, 2.05) is 18.0 Å². The molecule has 0 bridgehead atoms. The molecular formula is C16H24N4OS2. The molecule has 1 aromatic rings. The number of nitrogens with one attached hydrogen (secondary N) is 1. The van der Waals surface area contributed by atoms with Gasteiger partial charge in [0.1, 0.15) is 0 Å². The van der Waals surface area contributed by atoms with Crippen LogP contribution in [0.2, 0.25) is 0 Å². The van der Waals surface area contributed by atoms with Gasteiger partial charge in [-0.2, -0.15) is 0 Å². The smallest absolute Gasteiger partial charge is 0.157 e. The van der Waals surface area contributed by atoms with Gasteiger partial charge in [0.15, 0.2) is 5.17 Å². The first kappa shape index (κ1) is 17.1. The van der Waals surface area contributed by atoms with Crippen LogP contribution in [0, 0.1) is 6.92 Å². The van der Waals surface area contributed by atoms with Crippen LogP contribution < -0.4 is 5.32 Å². The quantitative estimate of drug-likeness (QED) is 0.791. The molecule has 2 aliphatic heterocycles. The Morgan fingerprint density at radius 1 is 1.30 bits per heavy atom. The Kier molecular flexibility index (Phi) is 6.62. The van der Waals surface area contributed by atoms with E-state index in [4.69, 9.17) is 4.74 Å². The second kappa shape index (κ2) is 8.92. The number of ether oxygens (including phenoxy) is 1. The minimum absolute atomic E-state index is 0.873. The lowest BCUT2D eigenvalue weighted by molar-refractivity contribution is 0.0410. The lowest BCUT2D eigenvalue weighted by Crippen LogP contribution is -2.37. The molecule has 0 amide bonds. The van der Waals surface area contributed by atoms with Crippen LogP contribution in [0.1, 0.15) is 11.3 Å². The third-order valence-corrected chi connectivity index (χ3v) is 6.12. The molecule has 0 aromatic carbocycles. The lowest BCUT2D eigenvalue weighted by Gasteiger charge is -2.26. The third-order valence-electron chi connectivity index (χ3n) is 4.02. The normalized spacial score (nSPS) is 18.7. The van der Waals surface area contributed by atoms with Crippen molar-refractivity contribution in [1.82, 2.24) is 15.2 Å². The maximum atomic E-state index is 5.39. The predicted molar refractivity (Wildman–Crippen MR) is 98.6 cm³/mol. The van der Waals surface area contributed by atoms with Crippen LogP contribution in [0.25, 0.3) is 0 Å². The third kappa shape index (κ3) is 5.11. The van der Waals surface area contributed by atoms with Gasteiger partial charge in [-0.05, 0) is 18.6 Å². The number of amidine groups is 1. The molecule has 1 N–H and O–H groups in total. The van der Waals surface area contributed by atoms with Crippen molar-refractivity contribution in [3.8, 4) is 0 Å². The topological polar surface area (TPSA) is 49.8 Å². The molecule has 0 unspecified atom stereocenters. The van der Waals surface area contributed by atoms with E-state index < -0.39 is 0 Å². The van der Waals surface area contributed by atoms with Gasteiger partial charge in [-0.1, -0.05) is 11.8 Å². The van der Waals surface area contributed by atoms with Gasteiger partial charge in [0.2, 0.25) is 0 Å². The Bertz CT molecular complexity index is 547. The fourth-order valence-electron chi connectivity index (χ4n) is 2.58. The first-order valence-corrected chi connectivity index (χ1v) is 10.1. The Labute approximate surface area is 146 Å². The van der Waals surface area contributed by atoms with Crippen molar-refractivity contribution in [2.75, 3.05) is 51.7 Å². The molecule has 0 radical (unpaired) electrons. The summed E-state index contributed by atoms with van der Waals surface area (Å²) in [4.78, 5) is 12.8. The summed E-state index contributed by atoms with van der Waals surface area (Å²) in [7, 11) is 0. The van der Waals surface area contributed by atoms with E-state index in [1.165, 1.54) is 16.2 Å². The molecule has 3 heterocycles.